The molecular formula is C17H24N2O2. The van der Waals surface area contributed by atoms with E-state index in [1.807, 2.05) is 36.1 Å². The summed E-state index contributed by atoms with van der Waals surface area (Å²) >= 11 is 0. The van der Waals surface area contributed by atoms with Gasteiger partial charge in [0.15, 0.2) is 0 Å². The van der Waals surface area contributed by atoms with E-state index >= 15 is 0 Å². The lowest BCUT2D eigenvalue weighted by Gasteiger charge is -2.24. The van der Waals surface area contributed by atoms with Crippen LogP contribution in [0.2, 0.25) is 0 Å². The lowest BCUT2D eigenvalue weighted by molar-refractivity contribution is -0.117. The molecule has 1 aromatic rings. The van der Waals surface area contributed by atoms with Gasteiger partial charge >= 0.3 is 0 Å². The Balaban J connectivity index is 2.20. The quantitative estimate of drug-likeness (QED) is 0.836. The van der Waals surface area contributed by atoms with Gasteiger partial charge in [-0.25, -0.2) is 0 Å². The molecular weight excluding hydrogens is 264 g/mol. The molecule has 2 rings (SSSR count). The third kappa shape index (κ3) is 3.63. The molecule has 4 heteroatoms. The predicted molar refractivity (Wildman–Crippen MR) is 84.4 cm³/mol. The van der Waals surface area contributed by atoms with E-state index in [0.29, 0.717) is 24.4 Å². The highest BCUT2D eigenvalue weighted by molar-refractivity contribution is 5.99. The van der Waals surface area contributed by atoms with E-state index in [4.69, 9.17) is 0 Å². The van der Waals surface area contributed by atoms with Crippen molar-refractivity contribution >= 4 is 17.5 Å². The van der Waals surface area contributed by atoms with Crippen molar-refractivity contribution in [1.82, 2.24) is 4.90 Å². The van der Waals surface area contributed by atoms with Crippen molar-refractivity contribution in [3.8, 4) is 0 Å². The molecule has 1 aliphatic heterocycles. The van der Waals surface area contributed by atoms with Gasteiger partial charge < -0.3 is 9.80 Å². The van der Waals surface area contributed by atoms with Gasteiger partial charge in [0.25, 0.3) is 5.91 Å². The average molecular weight is 288 g/mol. The van der Waals surface area contributed by atoms with Gasteiger partial charge in [0, 0.05) is 37.3 Å². The molecule has 0 bridgehead atoms. The number of rotatable bonds is 5. The van der Waals surface area contributed by atoms with E-state index in [9.17, 15) is 9.59 Å². The van der Waals surface area contributed by atoms with Gasteiger partial charge in [-0.3, -0.25) is 9.59 Å². The summed E-state index contributed by atoms with van der Waals surface area (Å²) in [5.41, 5.74) is 1.50. The largest absolute Gasteiger partial charge is 0.339 e. The van der Waals surface area contributed by atoms with Crippen LogP contribution in [-0.2, 0) is 4.79 Å². The summed E-state index contributed by atoms with van der Waals surface area (Å²) in [5, 5.41) is 0. The summed E-state index contributed by atoms with van der Waals surface area (Å²) in [5.74, 6) is 0.631. The van der Waals surface area contributed by atoms with E-state index in [-0.39, 0.29) is 11.8 Å². The Labute approximate surface area is 126 Å². The molecule has 2 amide bonds. The van der Waals surface area contributed by atoms with Crippen molar-refractivity contribution in [2.45, 2.75) is 33.6 Å². The first-order valence-electron chi connectivity index (χ1n) is 7.72. The van der Waals surface area contributed by atoms with Gasteiger partial charge in [0.1, 0.15) is 0 Å². The van der Waals surface area contributed by atoms with Crippen LogP contribution in [-0.4, -0.2) is 36.3 Å². The first-order chi connectivity index (χ1) is 10.0. The Kier molecular flexibility index (Phi) is 4.99. The van der Waals surface area contributed by atoms with Crippen LogP contribution < -0.4 is 4.90 Å². The highest BCUT2D eigenvalue weighted by Crippen LogP contribution is 2.23. The normalized spacial score (nSPS) is 14.9. The molecule has 4 nitrogen and oxygen atoms in total. The van der Waals surface area contributed by atoms with Crippen molar-refractivity contribution in [3.05, 3.63) is 29.8 Å². The Morgan fingerprint density at radius 3 is 2.71 bits per heavy atom. The zero-order valence-electron chi connectivity index (χ0n) is 13.1. The highest BCUT2D eigenvalue weighted by Gasteiger charge is 2.23. The monoisotopic (exact) mass is 288 g/mol. The lowest BCUT2D eigenvalue weighted by atomic mass is 10.1. The summed E-state index contributed by atoms with van der Waals surface area (Å²) in [6.07, 6.45) is 1.50. The van der Waals surface area contributed by atoms with Gasteiger partial charge in [-0.05, 0) is 37.5 Å². The molecule has 1 fully saturated rings. The van der Waals surface area contributed by atoms with E-state index < -0.39 is 0 Å². The fourth-order valence-electron chi connectivity index (χ4n) is 2.71. The molecule has 0 saturated carbocycles. The summed E-state index contributed by atoms with van der Waals surface area (Å²) < 4.78 is 0. The second-order valence-corrected chi connectivity index (χ2v) is 5.94. The molecule has 0 spiro atoms. The molecule has 1 heterocycles. The van der Waals surface area contributed by atoms with Gasteiger partial charge in [0.2, 0.25) is 5.91 Å². The maximum absolute atomic E-state index is 12.6. The number of hydrogen-bond acceptors (Lipinski definition) is 2. The fourth-order valence-corrected chi connectivity index (χ4v) is 2.71. The van der Waals surface area contributed by atoms with E-state index in [2.05, 4.69) is 13.8 Å². The number of nitrogens with zero attached hydrogens (tertiary/aromatic N) is 2. The number of amides is 2. The van der Waals surface area contributed by atoms with Crippen LogP contribution in [0, 0.1) is 5.92 Å². The standard InChI is InChI=1S/C17H24N2O2/c1-4-18(12-13(2)3)17(21)14-7-5-8-15(11-14)19-10-6-9-16(19)20/h5,7-8,11,13H,4,6,9-10,12H2,1-3H3. The van der Waals surface area contributed by atoms with Crippen molar-refractivity contribution < 1.29 is 9.59 Å². The summed E-state index contributed by atoms with van der Waals surface area (Å²) in [4.78, 5) is 28.0. The second kappa shape index (κ2) is 6.74. The van der Waals surface area contributed by atoms with Crippen molar-refractivity contribution in [2.75, 3.05) is 24.5 Å². The molecule has 1 aliphatic rings. The SMILES string of the molecule is CCN(CC(C)C)C(=O)c1cccc(N2CCCC2=O)c1. The van der Waals surface area contributed by atoms with Crippen molar-refractivity contribution in [2.24, 2.45) is 5.92 Å². The summed E-state index contributed by atoms with van der Waals surface area (Å²) in [6, 6.07) is 7.43. The van der Waals surface area contributed by atoms with E-state index in [1.165, 1.54) is 0 Å². The van der Waals surface area contributed by atoms with Crippen LogP contribution in [0.1, 0.15) is 44.0 Å². The Bertz CT molecular complexity index is 525. The van der Waals surface area contributed by atoms with Gasteiger partial charge in [0.05, 0.1) is 0 Å². The summed E-state index contributed by atoms with van der Waals surface area (Å²) in [7, 11) is 0. The van der Waals surface area contributed by atoms with Crippen molar-refractivity contribution in [3.63, 3.8) is 0 Å². The maximum atomic E-state index is 12.6. The lowest BCUT2D eigenvalue weighted by Crippen LogP contribution is -2.34. The average Bonchev–Trinajstić information content (AvgIpc) is 2.90. The third-order valence-corrected chi connectivity index (χ3v) is 3.73. The highest BCUT2D eigenvalue weighted by atomic mass is 16.2. The zero-order valence-corrected chi connectivity index (χ0v) is 13.1. The summed E-state index contributed by atoms with van der Waals surface area (Å²) in [6.45, 7) is 8.41. The van der Waals surface area contributed by atoms with Crippen molar-refractivity contribution in [1.29, 1.82) is 0 Å². The van der Waals surface area contributed by atoms with Gasteiger partial charge in [-0.2, -0.15) is 0 Å². The molecule has 1 saturated heterocycles. The predicted octanol–water partition coefficient (Wildman–Crippen LogP) is 2.93. The first-order valence-corrected chi connectivity index (χ1v) is 7.72. The second-order valence-electron chi connectivity index (χ2n) is 5.94. The van der Waals surface area contributed by atoms with Crippen LogP contribution >= 0.6 is 0 Å². The molecule has 1 aromatic carbocycles. The maximum Gasteiger partial charge on any atom is 0.253 e. The van der Waals surface area contributed by atoms with Crippen LogP contribution in [0.3, 0.4) is 0 Å². The van der Waals surface area contributed by atoms with Crippen LogP contribution in [0.4, 0.5) is 5.69 Å². The number of carbonyl (C=O) groups excluding carboxylic acids is 2. The van der Waals surface area contributed by atoms with Gasteiger partial charge in [-0.15, -0.1) is 0 Å². The number of hydrogen-bond donors (Lipinski definition) is 0. The molecule has 0 atom stereocenters. The minimum atomic E-state index is 0.0414. The Morgan fingerprint density at radius 2 is 2.14 bits per heavy atom. The molecule has 21 heavy (non-hydrogen) atoms. The van der Waals surface area contributed by atoms with Crippen LogP contribution in [0.25, 0.3) is 0 Å². The smallest absolute Gasteiger partial charge is 0.253 e. The van der Waals surface area contributed by atoms with Gasteiger partial charge in [-0.1, -0.05) is 19.9 Å². The zero-order chi connectivity index (χ0) is 15.4. The van der Waals surface area contributed by atoms with Crippen LogP contribution in [0.15, 0.2) is 24.3 Å². The molecule has 0 unspecified atom stereocenters. The molecule has 0 radical (unpaired) electrons. The van der Waals surface area contributed by atoms with Crippen LogP contribution in [0.5, 0.6) is 0 Å². The Morgan fingerprint density at radius 1 is 1.38 bits per heavy atom. The minimum absolute atomic E-state index is 0.0414. The topological polar surface area (TPSA) is 40.6 Å². The van der Waals surface area contributed by atoms with E-state index in [0.717, 1.165) is 25.2 Å². The number of benzene rings is 1. The molecule has 0 N–H and O–H groups in total. The molecule has 0 aliphatic carbocycles. The number of carbonyl (C=O) groups is 2. The third-order valence-electron chi connectivity index (χ3n) is 3.73. The first kappa shape index (κ1) is 15.5. The van der Waals surface area contributed by atoms with E-state index in [1.54, 1.807) is 4.90 Å². The fraction of sp³-hybridized carbons (Fsp3) is 0.529. The Hall–Kier alpha value is -1.84. The molecule has 114 valence electrons. The minimum Gasteiger partial charge on any atom is -0.339 e. The molecule has 0 aromatic heterocycles. The number of anilines is 1.